The van der Waals surface area contributed by atoms with E-state index in [1.54, 1.807) is 0 Å². The minimum absolute atomic E-state index is 0.262. The lowest BCUT2D eigenvalue weighted by atomic mass is 10.3. The van der Waals surface area contributed by atoms with Gasteiger partial charge < -0.3 is 11.1 Å². The summed E-state index contributed by atoms with van der Waals surface area (Å²) in [7, 11) is 0. The molecule has 0 aromatic carbocycles. The summed E-state index contributed by atoms with van der Waals surface area (Å²) < 4.78 is 0. The lowest BCUT2D eigenvalue weighted by Gasteiger charge is -2.01. The van der Waals surface area contributed by atoms with Crippen LogP contribution in [0.3, 0.4) is 0 Å². The molecule has 0 amide bonds. The van der Waals surface area contributed by atoms with Crippen molar-refractivity contribution in [3.05, 3.63) is 11.4 Å². The van der Waals surface area contributed by atoms with Crippen LogP contribution in [0.1, 0.15) is 11.4 Å². The molecule has 0 bridgehead atoms. The van der Waals surface area contributed by atoms with E-state index in [0.29, 0.717) is 0 Å². The Labute approximate surface area is 70.2 Å². The first kappa shape index (κ1) is 8.00. The summed E-state index contributed by atoms with van der Waals surface area (Å²) in [4.78, 5) is 0. The van der Waals surface area contributed by atoms with Gasteiger partial charge in [0.1, 0.15) is 0 Å². The molecule has 60 valence electrons. The Morgan fingerprint density at radius 1 is 1.64 bits per heavy atom. The number of H-pyrrole nitrogens is 1. The summed E-state index contributed by atoms with van der Waals surface area (Å²) in [6.45, 7) is 3.78. The highest BCUT2D eigenvalue weighted by Crippen LogP contribution is 2.14. The van der Waals surface area contributed by atoms with E-state index >= 15 is 0 Å². The molecule has 1 aromatic rings. The van der Waals surface area contributed by atoms with E-state index in [1.807, 2.05) is 13.8 Å². The standard InChI is InChI=1S/C6H10N4S/c1-3-5(8-6(7)11)4(2)10-9-3/h1-2H3,(H,9,10)(H3,7,8,11). The molecule has 1 rings (SSSR count). The van der Waals surface area contributed by atoms with Gasteiger partial charge in [0, 0.05) is 0 Å². The minimum Gasteiger partial charge on any atom is -0.376 e. The molecule has 0 unspecified atom stereocenters. The third-order valence-electron chi connectivity index (χ3n) is 1.38. The van der Waals surface area contributed by atoms with Gasteiger partial charge in [0.15, 0.2) is 5.11 Å². The summed E-state index contributed by atoms with van der Waals surface area (Å²) in [6.07, 6.45) is 0. The fourth-order valence-corrected chi connectivity index (χ4v) is 0.960. The molecule has 0 fully saturated rings. The maximum atomic E-state index is 5.30. The van der Waals surface area contributed by atoms with E-state index in [0.717, 1.165) is 17.1 Å². The number of nitrogens with zero attached hydrogens (tertiary/aromatic N) is 1. The first-order chi connectivity index (χ1) is 5.11. The van der Waals surface area contributed by atoms with Gasteiger partial charge >= 0.3 is 0 Å². The fourth-order valence-electron chi connectivity index (χ4n) is 0.858. The van der Waals surface area contributed by atoms with Crippen LogP contribution in [0.4, 0.5) is 5.69 Å². The molecular weight excluding hydrogens is 160 g/mol. The van der Waals surface area contributed by atoms with Crippen LogP contribution in [0.25, 0.3) is 0 Å². The Morgan fingerprint density at radius 2 is 2.27 bits per heavy atom. The van der Waals surface area contributed by atoms with Gasteiger partial charge in [-0.25, -0.2) is 0 Å². The molecule has 0 aliphatic rings. The molecule has 0 spiro atoms. The molecule has 4 nitrogen and oxygen atoms in total. The van der Waals surface area contributed by atoms with Gasteiger partial charge in [0.2, 0.25) is 0 Å². The molecule has 1 aromatic heterocycles. The number of nitrogens with two attached hydrogens (primary N) is 1. The molecule has 0 aliphatic carbocycles. The van der Waals surface area contributed by atoms with Gasteiger partial charge in [0.25, 0.3) is 0 Å². The molecule has 1 heterocycles. The van der Waals surface area contributed by atoms with Gasteiger partial charge in [-0.15, -0.1) is 0 Å². The van der Waals surface area contributed by atoms with E-state index in [9.17, 15) is 0 Å². The smallest absolute Gasteiger partial charge is 0.168 e. The highest BCUT2D eigenvalue weighted by Gasteiger charge is 2.04. The van der Waals surface area contributed by atoms with E-state index in [-0.39, 0.29) is 5.11 Å². The van der Waals surface area contributed by atoms with Crippen molar-refractivity contribution in [2.45, 2.75) is 13.8 Å². The van der Waals surface area contributed by atoms with Crippen LogP contribution in [-0.4, -0.2) is 15.3 Å². The summed E-state index contributed by atoms with van der Waals surface area (Å²) in [5, 5.41) is 9.88. The number of anilines is 1. The first-order valence-electron chi connectivity index (χ1n) is 3.19. The van der Waals surface area contributed by atoms with Crippen LogP contribution in [0, 0.1) is 13.8 Å². The van der Waals surface area contributed by atoms with Crippen LogP contribution in [-0.2, 0) is 0 Å². The second-order valence-corrected chi connectivity index (χ2v) is 2.74. The zero-order valence-electron chi connectivity index (χ0n) is 6.43. The van der Waals surface area contributed by atoms with Gasteiger partial charge in [-0.05, 0) is 26.1 Å². The molecule has 0 saturated carbocycles. The van der Waals surface area contributed by atoms with E-state index < -0.39 is 0 Å². The number of nitrogens with one attached hydrogen (secondary N) is 2. The van der Waals surface area contributed by atoms with Crippen molar-refractivity contribution in [2.75, 3.05) is 5.32 Å². The number of hydrogen-bond donors (Lipinski definition) is 3. The molecular formula is C6H10N4S. The van der Waals surface area contributed by atoms with E-state index in [4.69, 9.17) is 5.73 Å². The quantitative estimate of drug-likeness (QED) is 0.542. The second kappa shape index (κ2) is 2.87. The Kier molecular flexibility index (Phi) is 2.09. The van der Waals surface area contributed by atoms with Crippen molar-refractivity contribution in [3.63, 3.8) is 0 Å². The average Bonchev–Trinajstić information content (AvgIpc) is 2.18. The molecule has 0 radical (unpaired) electrons. The van der Waals surface area contributed by atoms with Crippen molar-refractivity contribution < 1.29 is 0 Å². The third-order valence-corrected chi connectivity index (χ3v) is 1.48. The number of thiocarbonyl (C=S) groups is 1. The lowest BCUT2D eigenvalue weighted by molar-refractivity contribution is 1.02. The Bertz CT molecular complexity index is 259. The SMILES string of the molecule is Cc1n[nH]c(C)c1NC(N)=S. The summed E-state index contributed by atoms with van der Waals surface area (Å²) in [5.74, 6) is 0. The van der Waals surface area contributed by atoms with Gasteiger partial charge in [-0.1, -0.05) is 0 Å². The van der Waals surface area contributed by atoms with Crippen LogP contribution in [0.2, 0.25) is 0 Å². The average molecular weight is 170 g/mol. The molecule has 5 heteroatoms. The van der Waals surface area contributed by atoms with Crippen molar-refractivity contribution in [2.24, 2.45) is 5.73 Å². The lowest BCUT2D eigenvalue weighted by Crippen LogP contribution is -2.19. The Balaban J connectivity index is 2.92. The predicted octanol–water partition coefficient (Wildman–Crippen LogP) is 0.682. The zero-order chi connectivity index (χ0) is 8.43. The molecule has 0 saturated heterocycles. The Hall–Kier alpha value is -1.10. The van der Waals surface area contributed by atoms with Gasteiger partial charge in [-0.3, -0.25) is 5.10 Å². The van der Waals surface area contributed by atoms with Crippen molar-refractivity contribution in [1.82, 2.24) is 10.2 Å². The first-order valence-corrected chi connectivity index (χ1v) is 3.60. The van der Waals surface area contributed by atoms with Gasteiger partial charge in [0.05, 0.1) is 17.1 Å². The third kappa shape index (κ3) is 1.68. The summed E-state index contributed by atoms with van der Waals surface area (Å²) in [6, 6.07) is 0. The largest absolute Gasteiger partial charge is 0.376 e. The van der Waals surface area contributed by atoms with Crippen molar-refractivity contribution in [1.29, 1.82) is 0 Å². The summed E-state index contributed by atoms with van der Waals surface area (Å²) >= 11 is 4.69. The number of rotatable bonds is 1. The topological polar surface area (TPSA) is 66.7 Å². The Morgan fingerprint density at radius 3 is 2.64 bits per heavy atom. The number of aryl methyl sites for hydroxylation is 2. The summed E-state index contributed by atoms with van der Waals surface area (Å²) in [5.41, 5.74) is 7.98. The number of hydrogen-bond acceptors (Lipinski definition) is 2. The zero-order valence-corrected chi connectivity index (χ0v) is 7.25. The molecule has 0 aliphatic heterocycles. The van der Waals surface area contributed by atoms with Crippen LogP contribution < -0.4 is 11.1 Å². The van der Waals surface area contributed by atoms with Crippen LogP contribution in [0.15, 0.2) is 0 Å². The highest BCUT2D eigenvalue weighted by molar-refractivity contribution is 7.80. The molecule has 4 N–H and O–H groups in total. The number of aromatic nitrogens is 2. The predicted molar refractivity (Wildman–Crippen MR) is 48.5 cm³/mol. The van der Waals surface area contributed by atoms with Gasteiger partial charge in [-0.2, -0.15) is 5.10 Å². The van der Waals surface area contributed by atoms with Crippen molar-refractivity contribution >= 4 is 23.0 Å². The van der Waals surface area contributed by atoms with Crippen LogP contribution >= 0.6 is 12.2 Å². The highest BCUT2D eigenvalue weighted by atomic mass is 32.1. The van der Waals surface area contributed by atoms with E-state index in [1.165, 1.54) is 0 Å². The van der Waals surface area contributed by atoms with Crippen molar-refractivity contribution in [3.8, 4) is 0 Å². The normalized spacial score (nSPS) is 9.64. The molecule has 11 heavy (non-hydrogen) atoms. The fraction of sp³-hybridized carbons (Fsp3) is 0.333. The van der Waals surface area contributed by atoms with E-state index in [2.05, 4.69) is 27.7 Å². The maximum absolute atomic E-state index is 5.30. The minimum atomic E-state index is 0.262. The van der Waals surface area contributed by atoms with Crippen LogP contribution in [0.5, 0.6) is 0 Å². The monoisotopic (exact) mass is 170 g/mol. The molecule has 0 atom stereocenters. The maximum Gasteiger partial charge on any atom is 0.168 e. The number of aromatic amines is 1. The second-order valence-electron chi connectivity index (χ2n) is 2.30.